The van der Waals surface area contributed by atoms with Gasteiger partial charge in [-0.05, 0) is 56.9 Å². The molecular formula is C17H30N5O3W-. The van der Waals surface area contributed by atoms with Crippen LogP contribution in [-0.4, -0.2) is 41.1 Å². The number of guanidine groups is 1. The van der Waals surface area contributed by atoms with Gasteiger partial charge in [-0.2, -0.15) is 0 Å². The summed E-state index contributed by atoms with van der Waals surface area (Å²) in [7, 11) is 0. The first kappa shape index (κ1) is 22.9. The molecule has 2 saturated carbocycles. The molecule has 2 aliphatic carbocycles. The Bertz CT molecular complexity index is 505. The van der Waals surface area contributed by atoms with Crippen molar-refractivity contribution in [3.63, 3.8) is 0 Å². The molecule has 7 N–H and O–H groups in total. The Morgan fingerprint density at radius 3 is 2.38 bits per heavy atom. The van der Waals surface area contributed by atoms with Crippen LogP contribution in [-0.2, 0) is 30.7 Å². The topological polar surface area (TPSA) is 155 Å². The predicted octanol–water partition coefficient (Wildman–Crippen LogP) is 1.39. The Morgan fingerprint density at radius 2 is 1.81 bits per heavy atom. The Hall–Kier alpha value is -1.14. The van der Waals surface area contributed by atoms with E-state index in [1.165, 1.54) is 0 Å². The van der Waals surface area contributed by atoms with Crippen molar-refractivity contribution in [1.82, 2.24) is 5.32 Å². The zero-order valence-corrected chi connectivity index (χ0v) is 18.0. The number of rotatable bonds is 6. The van der Waals surface area contributed by atoms with E-state index in [1.54, 1.807) is 0 Å². The first-order chi connectivity index (χ1) is 11.8. The Labute approximate surface area is 169 Å². The van der Waals surface area contributed by atoms with E-state index >= 15 is 0 Å². The van der Waals surface area contributed by atoms with Gasteiger partial charge in [0, 0.05) is 33.0 Å². The minimum atomic E-state index is -1.05. The predicted molar refractivity (Wildman–Crippen MR) is 95.8 cm³/mol. The first-order valence-electron chi connectivity index (χ1n) is 9.18. The maximum absolute atomic E-state index is 12.5. The number of carboxylic acids is 1. The second-order valence-corrected chi connectivity index (χ2v) is 7.42. The Kier molecular flexibility index (Phi) is 9.58. The van der Waals surface area contributed by atoms with Crippen molar-refractivity contribution in [2.24, 2.45) is 28.3 Å². The summed E-state index contributed by atoms with van der Waals surface area (Å²) >= 11 is 0. The maximum atomic E-state index is 12.5. The Balaban J connectivity index is 0.00000338. The van der Waals surface area contributed by atoms with Gasteiger partial charge in [-0.3, -0.25) is 14.6 Å². The van der Waals surface area contributed by atoms with Crippen molar-refractivity contribution in [2.45, 2.75) is 75.9 Å². The van der Waals surface area contributed by atoms with Crippen LogP contribution in [0.25, 0.3) is 5.73 Å². The quantitative estimate of drug-likeness (QED) is 0.299. The van der Waals surface area contributed by atoms with E-state index in [0.29, 0.717) is 12.8 Å². The van der Waals surface area contributed by atoms with Crippen molar-refractivity contribution in [1.29, 1.82) is 0 Å². The molecule has 8 nitrogen and oxygen atoms in total. The van der Waals surface area contributed by atoms with Crippen LogP contribution < -0.4 is 16.8 Å². The number of carbonyl (C=O) groups is 2. The van der Waals surface area contributed by atoms with Crippen molar-refractivity contribution < 1.29 is 35.8 Å². The third-order valence-corrected chi connectivity index (χ3v) is 5.41. The second-order valence-electron chi connectivity index (χ2n) is 7.42. The molecular weight excluding hydrogens is 506 g/mol. The van der Waals surface area contributed by atoms with Crippen molar-refractivity contribution in [2.75, 3.05) is 0 Å². The van der Waals surface area contributed by atoms with Crippen LogP contribution in [0.5, 0.6) is 0 Å². The van der Waals surface area contributed by atoms with Gasteiger partial charge in [0.2, 0.25) is 5.91 Å². The molecule has 26 heavy (non-hydrogen) atoms. The van der Waals surface area contributed by atoms with Gasteiger partial charge in [0.1, 0.15) is 0 Å². The fraction of sp³-hybridized carbons (Fsp3) is 0.824. The summed E-state index contributed by atoms with van der Waals surface area (Å²) in [6.45, 7) is 0. The van der Waals surface area contributed by atoms with Crippen LogP contribution in [0.15, 0.2) is 4.99 Å². The SMILES string of the molecule is [NH-]C(CC1CCC(NC(=O)C2CCCC(N=C(N)N)C2)CC1)C(=O)O.[W]. The van der Waals surface area contributed by atoms with Crippen molar-refractivity contribution in [3.8, 4) is 0 Å². The average molecular weight is 536 g/mol. The van der Waals surface area contributed by atoms with Crippen LogP contribution in [0.4, 0.5) is 0 Å². The number of nitrogens with one attached hydrogen (secondary N) is 2. The molecule has 9 heteroatoms. The number of amides is 1. The largest absolute Gasteiger partial charge is 0.665 e. The molecule has 3 unspecified atom stereocenters. The molecule has 0 radical (unpaired) electrons. The summed E-state index contributed by atoms with van der Waals surface area (Å²) in [5.41, 5.74) is 18.4. The monoisotopic (exact) mass is 536 g/mol. The second kappa shape index (κ2) is 10.9. The normalized spacial score (nSPS) is 29.7. The number of aliphatic imine (C=N–C) groups is 1. The van der Waals surface area contributed by atoms with Gasteiger partial charge in [-0.15, -0.1) is 0 Å². The third kappa shape index (κ3) is 7.23. The molecule has 148 valence electrons. The number of nitrogens with two attached hydrogens (primary N) is 2. The summed E-state index contributed by atoms with van der Waals surface area (Å²) in [6.07, 6.45) is 7.29. The van der Waals surface area contributed by atoms with Gasteiger partial charge in [0.25, 0.3) is 5.97 Å². The molecule has 2 fully saturated rings. The van der Waals surface area contributed by atoms with Crippen LogP contribution in [0.1, 0.15) is 57.8 Å². The van der Waals surface area contributed by atoms with Gasteiger partial charge in [0.05, 0.1) is 6.04 Å². The molecule has 2 aliphatic rings. The van der Waals surface area contributed by atoms with Gasteiger partial charge < -0.3 is 27.6 Å². The fourth-order valence-corrected chi connectivity index (χ4v) is 4.03. The first-order valence-corrected chi connectivity index (χ1v) is 9.18. The van der Waals surface area contributed by atoms with E-state index in [4.69, 9.17) is 22.3 Å². The van der Waals surface area contributed by atoms with Gasteiger partial charge >= 0.3 is 0 Å². The minimum absolute atomic E-state index is 0. The van der Waals surface area contributed by atoms with Gasteiger partial charge in [-0.1, -0.05) is 12.8 Å². The molecule has 0 heterocycles. The summed E-state index contributed by atoms with van der Waals surface area (Å²) in [4.78, 5) is 27.5. The van der Waals surface area contributed by atoms with Gasteiger partial charge in [0.15, 0.2) is 5.96 Å². The number of carbonyl (C=O) groups excluding carboxylic acids is 1. The van der Waals surface area contributed by atoms with Crippen LogP contribution in [0.3, 0.4) is 0 Å². The van der Waals surface area contributed by atoms with E-state index in [-0.39, 0.29) is 56.9 Å². The van der Waals surface area contributed by atoms with Crippen LogP contribution >= 0.6 is 0 Å². The van der Waals surface area contributed by atoms with E-state index in [0.717, 1.165) is 44.9 Å². The number of nitrogens with zero attached hydrogens (tertiary/aromatic N) is 1. The minimum Gasteiger partial charge on any atom is -0.665 e. The molecule has 0 aliphatic heterocycles. The number of hydrogen-bond donors (Lipinski definition) is 4. The summed E-state index contributed by atoms with van der Waals surface area (Å²) in [5.74, 6) is -0.652. The molecule has 0 spiro atoms. The number of hydrogen-bond acceptors (Lipinski definition) is 3. The summed E-state index contributed by atoms with van der Waals surface area (Å²) < 4.78 is 0. The smallest absolute Gasteiger partial charge is 0.285 e. The van der Waals surface area contributed by atoms with Crippen molar-refractivity contribution in [3.05, 3.63) is 5.73 Å². The average Bonchev–Trinajstić information content (AvgIpc) is 2.56. The molecule has 3 atom stereocenters. The van der Waals surface area contributed by atoms with E-state index in [1.807, 2.05) is 0 Å². The van der Waals surface area contributed by atoms with Crippen LogP contribution in [0.2, 0.25) is 0 Å². The molecule has 0 aromatic heterocycles. The zero-order valence-electron chi connectivity index (χ0n) is 15.0. The fourth-order valence-electron chi connectivity index (χ4n) is 4.03. The summed E-state index contributed by atoms with van der Waals surface area (Å²) in [6, 6.07) is -0.845. The van der Waals surface area contributed by atoms with Gasteiger partial charge in [-0.25, -0.2) is 0 Å². The van der Waals surface area contributed by atoms with Crippen molar-refractivity contribution >= 4 is 17.8 Å². The Morgan fingerprint density at radius 1 is 1.15 bits per heavy atom. The molecule has 2 rings (SSSR count). The van der Waals surface area contributed by atoms with E-state index in [9.17, 15) is 9.59 Å². The van der Waals surface area contributed by atoms with E-state index < -0.39 is 12.0 Å². The number of aliphatic carboxylic acids is 1. The molecule has 0 saturated heterocycles. The van der Waals surface area contributed by atoms with Crippen LogP contribution in [0, 0.1) is 11.8 Å². The molecule has 0 aromatic rings. The standard InChI is InChI=1S/C17H30N5O3.W/c18-14(16(24)25)8-10-4-6-12(7-5-10)21-15(23)11-2-1-3-13(9-11)22-17(19)20;/h10-14,18H,1-9H2,(H,21,23)(H,24,25)(H4,19,20,22);/q-1;. The molecule has 1 amide bonds. The third-order valence-electron chi connectivity index (χ3n) is 5.41. The maximum Gasteiger partial charge on any atom is 0.285 e. The molecule has 0 bridgehead atoms. The zero-order chi connectivity index (χ0) is 18.4. The molecule has 0 aromatic carbocycles. The number of carboxylic acid groups (broad SMARTS) is 1. The summed E-state index contributed by atoms with van der Waals surface area (Å²) in [5, 5.41) is 12.0. The van der Waals surface area contributed by atoms with E-state index in [2.05, 4.69) is 10.3 Å².